The van der Waals surface area contributed by atoms with Crippen LogP contribution in [0.5, 0.6) is 0 Å². The number of hydrogen-bond acceptors (Lipinski definition) is 4. The van der Waals surface area contributed by atoms with E-state index in [2.05, 4.69) is 9.59 Å². The quantitative estimate of drug-likeness (QED) is 0.794. The molecule has 6 heteroatoms. The molecule has 0 N–H and O–H groups in total. The Balaban J connectivity index is 3.00. The molecular formula is C11H18ClN3OS. The molecular weight excluding hydrogens is 258 g/mol. The number of halogens is 1. The second-order valence-corrected chi connectivity index (χ2v) is 5.91. The van der Waals surface area contributed by atoms with Gasteiger partial charge in [-0.25, -0.2) is 0 Å². The van der Waals surface area contributed by atoms with Crippen LogP contribution in [0.1, 0.15) is 43.1 Å². The first-order valence-corrected chi connectivity index (χ1v) is 6.90. The van der Waals surface area contributed by atoms with E-state index >= 15 is 0 Å². The van der Waals surface area contributed by atoms with Gasteiger partial charge in [-0.15, -0.1) is 16.7 Å². The van der Waals surface area contributed by atoms with Gasteiger partial charge in [-0.2, -0.15) is 0 Å². The number of nitrogens with zero attached hydrogens (tertiary/aromatic N) is 3. The molecule has 0 saturated carbocycles. The fourth-order valence-corrected chi connectivity index (χ4v) is 2.52. The summed E-state index contributed by atoms with van der Waals surface area (Å²) >= 11 is 6.85. The fourth-order valence-electron chi connectivity index (χ4n) is 1.47. The second-order valence-electron chi connectivity index (χ2n) is 4.77. The van der Waals surface area contributed by atoms with Gasteiger partial charge in [0.2, 0.25) is 0 Å². The molecule has 0 aliphatic heterocycles. The van der Waals surface area contributed by atoms with Gasteiger partial charge in [-0.3, -0.25) is 4.79 Å². The number of amides is 1. The van der Waals surface area contributed by atoms with Crippen LogP contribution in [0, 0.1) is 0 Å². The van der Waals surface area contributed by atoms with E-state index in [1.54, 1.807) is 4.90 Å². The van der Waals surface area contributed by atoms with E-state index in [1.807, 2.05) is 27.7 Å². The van der Waals surface area contributed by atoms with E-state index in [0.717, 1.165) is 17.2 Å². The number of hydrogen-bond donors (Lipinski definition) is 0. The normalized spacial score (nSPS) is 11.6. The van der Waals surface area contributed by atoms with Crippen molar-refractivity contribution in [2.75, 3.05) is 19.0 Å². The molecule has 96 valence electrons. The zero-order valence-electron chi connectivity index (χ0n) is 10.7. The maximum Gasteiger partial charge on any atom is 0.267 e. The molecule has 0 unspecified atom stereocenters. The smallest absolute Gasteiger partial charge is 0.267 e. The topological polar surface area (TPSA) is 46.1 Å². The first-order chi connectivity index (χ1) is 7.91. The Morgan fingerprint density at radius 3 is 2.59 bits per heavy atom. The van der Waals surface area contributed by atoms with Gasteiger partial charge >= 0.3 is 0 Å². The minimum atomic E-state index is -0.168. The Bertz CT molecular complexity index is 386. The lowest BCUT2D eigenvalue weighted by Gasteiger charge is -2.21. The SMILES string of the molecule is CCN(CCCl)C(=O)c1snnc1C(C)(C)C. The molecule has 0 aliphatic rings. The van der Waals surface area contributed by atoms with E-state index in [-0.39, 0.29) is 11.3 Å². The van der Waals surface area contributed by atoms with Crippen molar-refractivity contribution in [3.8, 4) is 0 Å². The summed E-state index contributed by atoms with van der Waals surface area (Å²) in [5.74, 6) is 0.421. The minimum absolute atomic E-state index is 0.0203. The van der Waals surface area contributed by atoms with Crippen molar-refractivity contribution in [1.29, 1.82) is 0 Å². The molecule has 4 nitrogen and oxygen atoms in total. The van der Waals surface area contributed by atoms with Crippen LogP contribution in [0.25, 0.3) is 0 Å². The predicted octanol–water partition coefficient (Wildman–Crippen LogP) is 2.54. The zero-order chi connectivity index (χ0) is 13.1. The lowest BCUT2D eigenvalue weighted by molar-refractivity contribution is 0.0776. The first kappa shape index (κ1) is 14.4. The molecule has 1 amide bonds. The largest absolute Gasteiger partial charge is 0.337 e. The van der Waals surface area contributed by atoms with Crippen molar-refractivity contribution in [2.24, 2.45) is 0 Å². The summed E-state index contributed by atoms with van der Waals surface area (Å²) in [6, 6.07) is 0. The van der Waals surface area contributed by atoms with Crippen LogP contribution in [0.4, 0.5) is 0 Å². The summed E-state index contributed by atoms with van der Waals surface area (Å²) in [6.07, 6.45) is 0. The molecule has 0 radical (unpaired) electrons. The zero-order valence-corrected chi connectivity index (χ0v) is 12.2. The summed E-state index contributed by atoms with van der Waals surface area (Å²) < 4.78 is 3.90. The average molecular weight is 276 g/mol. The maximum atomic E-state index is 12.3. The Morgan fingerprint density at radius 1 is 1.47 bits per heavy atom. The molecule has 17 heavy (non-hydrogen) atoms. The van der Waals surface area contributed by atoms with Crippen LogP contribution in [-0.2, 0) is 5.41 Å². The number of rotatable bonds is 4. The molecule has 0 spiro atoms. The van der Waals surface area contributed by atoms with Crippen LogP contribution in [0.15, 0.2) is 0 Å². The summed E-state index contributed by atoms with van der Waals surface area (Å²) in [6.45, 7) is 9.22. The molecule has 0 aliphatic carbocycles. The summed E-state index contributed by atoms with van der Waals surface area (Å²) in [7, 11) is 0. The van der Waals surface area contributed by atoms with Crippen molar-refractivity contribution < 1.29 is 4.79 Å². The molecule has 1 aromatic rings. The molecule has 1 heterocycles. The molecule has 1 aromatic heterocycles. The van der Waals surface area contributed by atoms with Crippen LogP contribution >= 0.6 is 23.1 Å². The summed E-state index contributed by atoms with van der Waals surface area (Å²) in [5, 5.41) is 4.07. The maximum absolute atomic E-state index is 12.3. The van der Waals surface area contributed by atoms with Crippen molar-refractivity contribution in [3.05, 3.63) is 10.6 Å². The third-order valence-electron chi connectivity index (χ3n) is 2.42. The molecule has 0 bridgehead atoms. The third kappa shape index (κ3) is 3.39. The van der Waals surface area contributed by atoms with Crippen molar-refractivity contribution >= 4 is 29.0 Å². The predicted molar refractivity (Wildman–Crippen MR) is 70.9 cm³/mol. The first-order valence-electron chi connectivity index (χ1n) is 5.59. The van der Waals surface area contributed by atoms with Gasteiger partial charge in [0, 0.05) is 24.4 Å². The highest BCUT2D eigenvalue weighted by atomic mass is 35.5. The van der Waals surface area contributed by atoms with E-state index < -0.39 is 0 Å². The number of alkyl halides is 1. The highest BCUT2D eigenvalue weighted by Gasteiger charge is 2.28. The average Bonchev–Trinajstić information content (AvgIpc) is 2.73. The molecule has 0 fully saturated rings. The molecule has 0 atom stereocenters. The van der Waals surface area contributed by atoms with Gasteiger partial charge in [0.1, 0.15) is 4.88 Å². The second kappa shape index (κ2) is 5.78. The van der Waals surface area contributed by atoms with Gasteiger partial charge in [0.25, 0.3) is 5.91 Å². The van der Waals surface area contributed by atoms with Gasteiger partial charge in [0.05, 0.1) is 5.69 Å². The van der Waals surface area contributed by atoms with Gasteiger partial charge in [-0.1, -0.05) is 25.3 Å². The Labute approximate surface area is 111 Å². The van der Waals surface area contributed by atoms with Crippen molar-refractivity contribution in [2.45, 2.75) is 33.1 Å². The van der Waals surface area contributed by atoms with E-state index in [4.69, 9.17) is 11.6 Å². The standard InChI is InChI=1S/C11H18ClN3OS/c1-5-15(7-6-12)10(16)8-9(11(2,3)4)13-14-17-8/h5-7H2,1-4H3. The molecule has 0 aromatic carbocycles. The lowest BCUT2D eigenvalue weighted by atomic mass is 9.91. The lowest BCUT2D eigenvalue weighted by Crippen LogP contribution is -2.33. The Hall–Kier alpha value is -0.680. The summed E-state index contributed by atoms with van der Waals surface area (Å²) in [4.78, 5) is 14.6. The van der Waals surface area contributed by atoms with Crippen LogP contribution < -0.4 is 0 Å². The number of aromatic nitrogens is 2. The monoisotopic (exact) mass is 275 g/mol. The Kier molecular flexibility index (Phi) is 4.89. The number of carbonyl (C=O) groups is 1. The van der Waals surface area contributed by atoms with Crippen molar-refractivity contribution in [3.63, 3.8) is 0 Å². The van der Waals surface area contributed by atoms with Crippen molar-refractivity contribution in [1.82, 2.24) is 14.5 Å². The highest BCUT2D eigenvalue weighted by molar-refractivity contribution is 7.08. The fraction of sp³-hybridized carbons (Fsp3) is 0.727. The van der Waals surface area contributed by atoms with E-state index in [9.17, 15) is 4.79 Å². The van der Waals surface area contributed by atoms with E-state index in [0.29, 0.717) is 23.8 Å². The highest BCUT2D eigenvalue weighted by Crippen LogP contribution is 2.26. The van der Waals surface area contributed by atoms with Gasteiger partial charge in [0.15, 0.2) is 0 Å². The molecule has 0 saturated heterocycles. The van der Waals surface area contributed by atoms with Crippen LogP contribution in [-0.4, -0.2) is 39.4 Å². The van der Waals surface area contributed by atoms with Gasteiger partial charge < -0.3 is 4.90 Å². The summed E-state index contributed by atoms with van der Waals surface area (Å²) in [5.41, 5.74) is 0.596. The number of carbonyl (C=O) groups excluding carboxylic acids is 1. The van der Waals surface area contributed by atoms with Crippen LogP contribution in [0.3, 0.4) is 0 Å². The van der Waals surface area contributed by atoms with E-state index in [1.165, 1.54) is 0 Å². The Morgan fingerprint density at radius 2 is 2.12 bits per heavy atom. The third-order valence-corrected chi connectivity index (χ3v) is 3.30. The minimum Gasteiger partial charge on any atom is -0.337 e. The van der Waals surface area contributed by atoms with Crippen LogP contribution in [0.2, 0.25) is 0 Å². The van der Waals surface area contributed by atoms with Gasteiger partial charge in [-0.05, 0) is 18.5 Å². The molecule has 1 rings (SSSR count).